The molecule has 0 amide bonds. The minimum atomic E-state index is -3.31. The molecular weight excluding hydrogens is 278 g/mol. The maximum Gasteiger partial charge on any atom is 0.179 e. The Bertz CT molecular complexity index is 549. The number of amidine groups is 1. The molecule has 0 aliphatic carbocycles. The molecule has 0 aliphatic heterocycles. The number of hydrogen-bond acceptors (Lipinski definition) is 5. The van der Waals surface area contributed by atoms with E-state index in [1.54, 1.807) is 0 Å². The SMILES string of the molecule is CCN(CC)CCS(=O)(=O)c1ccc(/C(N)=N/O)cc1. The van der Waals surface area contributed by atoms with E-state index in [1.807, 2.05) is 13.8 Å². The van der Waals surface area contributed by atoms with Crippen LogP contribution in [0.25, 0.3) is 0 Å². The number of nitrogens with zero attached hydrogens (tertiary/aromatic N) is 2. The molecule has 0 saturated carbocycles. The third-order valence-corrected chi connectivity index (χ3v) is 4.90. The van der Waals surface area contributed by atoms with Crippen LogP contribution in [0.2, 0.25) is 0 Å². The lowest BCUT2D eigenvalue weighted by molar-refractivity contribution is 0.318. The summed E-state index contributed by atoms with van der Waals surface area (Å²) in [5.74, 6) is 0.0366. The van der Waals surface area contributed by atoms with E-state index in [2.05, 4.69) is 10.1 Å². The van der Waals surface area contributed by atoms with Crippen molar-refractivity contribution in [3.63, 3.8) is 0 Å². The Hall–Kier alpha value is -1.60. The highest BCUT2D eigenvalue weighted by Crippen LogP contribution is 2.13. The molecule has 0 aromatic heterocycles. The van der Waals surface area contributed by atoms with Crippen LogP contribution < -0.4 is 5.73 Å². The Morgan fingerprint density at radius 1 is 1.25 bits per heavy atom. The predicted octanol–water partition coefficient (Wildman–Crippen LogP) is 0.897. The summed E-state index contributed by atoms with van der Waals surface area (Å²) in [4.78, 5) is 2.31. The van der Waals surface area contributed by atoms with Crippen LogP contribution in [0.4, 0.5) is 0 Å². The summed E-state index contributed by atoms with van der Waals surface area (Å²) in [6.07, 6.45) is 0. The highest BCUT2D eigenvalue weighted by molar-refractivity contribution is 7.91. The molecule has 0 fully saturated rings. The number of benzene rings is 1. The summed E-state index contributed by atoms with van der Waals surface area (Å²) in [6.45, 7) is 6.17. The standard InChI is InChI=1S/C13H21N3O3S/c1-3-16(4-2)9-10-20(18,19)12-7-5-11(6-8-12)13(14)15-17/h5-8,17H,3-4,9-10H2,1-2H3,(H2,14,15). The fourth-order valence-corrected chi connectivity index (χ4v) is 3.08. The van der Waals surface area contributed by atoms with Gasteiger partial charge in [-0.1, -0.05) is 19.0 Å². The van der Waals surface area contributed by atoms with E-state index in [4.69, 9.17) is 10.9 Å². The fraction of sp³-hybridized carbons (Fsp3) is 0.462. The zero-order chi connectivity index (χ0) is 15.2. The van der Waals surface area contributed by atoms with E-state index in [1.165, 1.54) is 24.3 Å². The topological polar surface area (TPSA) is 96.0 Å². The number of rotatable bonds is 7. The Morgan fingerprint density at radius 3 is 2.25 bits per heavy atom. The normalized spacial score (nSPS) is 12.8. The van der Waals surface area contributed by atoms with Crippen LogP contribution in [0.5, 0.6) is 0 Å². The molecule has 0 aliphatic rings. The first-order chi connectivity index (χ1) is 9.44. The Balaban J connectivity index is 2.83. The summed E-state index contributed by atoms with van der Waals surface area (Å²) in [7, 11) is -3.31. The van der Waals surface area contributed by atoms with E-state index in [0.29, 0.717) is 12.1 Å². The zero-order valence-corrected chi connectivity index (χ0v) is 12.6. The Morgan fingerprint density at radius 2 is 1.80 bits per heavy atom. The molecule has 6 nitrogen and oxygen atoms in total. The van der Waals surface area contributed by atoms with Crippen LogP contribution in [-0.4, -0.2) is 49.7 Å². The van der Waals surface area contributed by atoms with Gasteiger partial charge in [-0.25, -0.2) is 8.42 Å². The zero-order valence-electron chi connectivity index (χ0n) is 11.8. The van der Waals surface area contributed by atoms with Gasteiger partial charge in [-0.3, -0.25) is 0 Å². The van der Waals surface area contributed by atoms with Gasteiger partial charge in [-0.2, -0.15) is 0 Å². The number of nitrogens with two attached hydrogens (primary N) is 1. The molecular formula is C13H21N3O3S. The largest absolute Gasteiger partial charge is 0.409 e. The first kappa shape index (κ1) is 16.5. The van der Waals surface area contributed by atoms with Crippen LogP contribution >= 0.6 is 0 Å². The third-order valence-electron chi connectivity index (χ3n) is 3.19. The summed E-state index contributed by atoms with van der Waals surface area (Å²) in [5.41, 5.74) is 5.91. The maximum absolute atomic E-state index is 12.2. The van der Waals surface area contributed by atoms with Crippen LogP contribution in [0, 0.1) is 0 Å². The third kappa shape index (κ3) is 4.21. The first-order valence-electron chi connectivity index (χ1n) is 6.47. The van der Waals surface area contributed by atoms with Gasteiger partial charge in [0.1, 0.15) is 0 Å². The lowest BCUT2D eigenvalue weighted by Gasteiger charge is -2.17. The van der Waals surface area contributed by atoms with Gasteiger partial charge in [0.2, 0.25) is 0 Å². The summed E-state index contributed by atoms with van der Waals surface area (Å²) in [6, 6.07) is 6.01. The van der Waals surface area contributed by atoms with Gasteiger partial charge in [0.15, 0.2) is 15.7 Å². The van der Waals surface area contributed by atoms with Gasteiger partial charge < -0.3 is 15.8 Å². The van der Waals surface area contributed by atoms with Crippen molar-refractivity contribution in [3.8, 4) is 0 Å². The maximum atomic E-state index is 12.2. The Kier molecular flexibility index (Phi) is 5.97. The van der Waals surface area contributed by atoms with Crippen molar-refractivity contribution < 1.29 is 13.6 Å². The van der Waals surface area contributed by atoms with E-state index < -0.39 is 9.84 Å². The molecule has 0 spiro atoms. The van der Waals surface area contributed by atoms with Gasteiger partial charge >= 0.3 is 0 Å². The van der Waals surface area contributed by atoms with Gasteiger partial charge in [0.25, 0.3) is 0 Å². The van der Waals surface area contributed by atoms with Crippen molar-refractivity contribution in [2.24, 2.45) is 10.9 Å². The minimum Gasteiger partial charge on any atom is -0.409 e. The summed E-state index contributed by atoms with van der Waals surface area (Å²) < 4.78 is 24.4. The molecule has 1 aromatic rings. The molecule has 112 valence electrons. The smallest absolute Gasteiger partial charge is 0.179 e. The monoisotopic (exact) mass is 299 g/mol. The van der Waals surface area contributed by atoms with Crippen molar-refractivity contribution in [1.82, 2.24) is 4.90 Å². The quantitative estimate of drug-likeness (QED) is 0.337. The average Bonchev–Trinajstić information content (AvgIpc) is 2.47. The molecule has 1 rings (SSSR count). The van der Waals surface area contributed by atoms with Gasteiger partial charge in [-0.05, 0) is 37.4 Å². The van der Waals surface area contributed by atoms with Crippen molar-refractivity contribution in [3.05, 3.63) is 29.8 Å². The first-order valence-corrected chi connectivity index (χ1v) is 8.12. The molecule has 0 bridgehead atoms. The molecule has 0 atom stereocenters. The average molecular weight is 299 g/mol. The lowest BCUT2D eigenvalue weighted by Crippen LogP contribution is -2.29. The molecule has 0 heterocycles. The minimum absolute atomic E-state index is 0.0444. The highest BCUT2D eigenvalue weighted by atomic mass is 32.2. The molecule has 1 aromatic carbocycles. The number of oxime groups is 1. The van der Waals surface area contributed by atoms with Crippen LogP contribution in [0.1, 0.15) is 19.4 Å². The van der Waals surface area contributed by atoms with E-state index in [0.717, 1.165) is 13.1 Å². The molecule has 20 heavy (non-hydrogen) atoms. The van der Waals surface area contributed by atoms with E-state index >= 15 is 0 Å². The number of hydrogen-bond donors (Lipinski definition) is 2. The second-order valence-corrected chi connectivity index (χ2v) is 6.46. The highest BCUT2D eigenvalue weighted by Gasteiger charge is 2.15. The van der Waals surface area contributed by atoms with E-state index in [9.17, 15) is 8.42 Å². The predicted molar refractivity (Wildman–Crippen MR) is 78.8 cm³/mol. The van der Waals surface area contributed by atoms with E-state index in [-0.39, 0.29) is 16.5 Å². The van der Waals surface area contributed by atoms with Crippen LogP contribution in [-0.2, 0) is 9.84 Å². The van der Waals surface area contributed by atoms with Crippen molar-refractivity contribution in [1.29, 1.82) is 0 Å². The van der Waals surface area contributed by atoms with Crippen LogP contribution in [0.15, 0.2) is 34.3 Å². The van der Waals surface area contributed by atoms with Crippen molar-refractivity contribution in [2.45, 2.75) is 18.7 Å². The molecule has 7 heteroatoms. The second kappa shape index (κ2) is 7.25. The Labute approximate surface area is 119 Å². The number of sulfone groups is 1. The van der Waals surface area contributed by atoms with Gasteiger partial charge in [0.05, 0.1) is 10.6 Å². The molecule has 0 unspecified atom stereocenters. The fourth-order valence-electron chi connectivity index (χ4n) is 1.80. The van der Waals surface area contributed by atoms with Crippen molar-refractivity contribution in [2.75, 3.05) is 25.4 Å². The summed E-state index contributed by atoms with van der Waals surface area (Å²) >= 11 is 0. The van der Waals surface area contributed by atoms with Crippen molar-refractivity contribution >= 4 is 15.7 Å². The van der Waals surface area contributed by atoms with Gasteiger partial charge in [0, 0.05) is 12.1 Å². The molecule has 0 saturated heterocycles. The van der Waals surface area contributed by atoms with Gasteiger partial charge in [-0.15, -0.1) is 0 Å². The molecule has 0 radical (unpaired) electrons. The second-order valence-electron chi connectivity index (χ2n) is 4.36. The lowest BCUT2D eigenvalue weighted by atomic mass is 10.2. The summed E-state index contributed by atoms with van der Waals surface area (Å²) in [5, 5.41) is 11.4. The van der Waals surface area contributed by atoms with Crippen LogP contribution in [0.3, 0.4) is 0 Å². The molecule has 3 N–H and O–H groups in total.